The van der Waals surface area contributed by atoms with E-state index in [-0.39, 0.29) is 28.7 Å². The summed E-state index contributed by atoms with van der Waals surface area (Å²) in [6, 6.07) is 1.94. The molecule has 3 rings (SSSR count). The second-order valence-corrected chi connectivity index (χ2v) is 8.62. The molecule has 9 heteroatoms. The molecule has 0 unspecified atom stereocenters. The monoisotopic (exact) mass is 509 g/mol. The first kappa shape index (κ1) is 22.8. The van der Waals surface area contributed by atoms with E-state index in [4.69, 9.17) is 9.26 Å². The summed E-state index contributed by atoms with van der Waals surface area (Å²) in [5.41, 5.74) is 0.999. The second kappa shape index (κ2) is 11.5. The van der Waals surface area contributed by atoms with Gasteiger partial charge in [-0.15, -0.1) is 24.0 Å². The minimum absolute atomic E-state index is 0. The maximum Gasteiger partial charge on any atom is 0.193 e. The fourth-order valence-electron chi connectivity index (χ4n) is 3.66. The summed E-state index contributed by atoms with van der Waals surface area (Å²) in [6.45, 7) is 9.77. The van der Waals surface area contributed by atoms with E-state index in [0.29, 0.717) is 0 Å². The van der Waals surface area contributed by atoms with E-state index in [9.17, 15) is 0 Å². The third kappa shape index (κ3) is 6.50. The van der Waals surface area contributed by atoms with Crippen LogP contribution < -0.4 is 5.32 Å². The molecule has 0 amide bonds. The number of ether oxygens (including phenoxy) is 1. The average Bonchev–Trinajstić information content (AvgIpc) is 3.17. The number of hydrogen-bond donors (Lipinski definition) is 1. The second-order valence-electron chi connectivity index (χ2n) is 6.88. The zero-order valence-electron chi connectivity index (χ0n) is 16.4. The van der Waals surface area contributed by atoms with Crippen LogP contribution in [0, 0.1) is 0 Å². The predicted octanol–water partition coefficient (Wildman–Crippen LogP) is 2.29. The van der Waals surface area contributed by atoms with Crippen LogP contribution in [0.5, 0.6) is 0 Å². The van der Waals surface area contributed by atoms with Crippen LogP contribution in [0.4, 0.5) is 0 Å². The van der Waals surface area contributed by atoms with Crippen molar-refractivity contribution in [3.8, 4) is 0 Å². The predicted molar refractivity (Wildman–Crippen MR) is 121 cm³/mol. The number of nitrogens with one attached hydrogen (secondary N) is 1. The summed E-state index contributed by atoms with van der Waals surface area (Å²) in [4.78, 5) is 9.31. The van der Waals surface area contributed by atoms with Crippen molar-refractivity contribution < 1.29 is 9.26 Å². The molecule has 2 aliphatic rings. The van der Waals surface area contributed by atoms with Gasteiger partial charge < -0.3 is 19.5 Å². The van der Waals surface area contributed by atoms with Gasteiger partial charge in [0.05, 0.1) is 5.69 Å². The molecule has 0 spiro atoms. The number of nitrogens with zero attached hydrogens (tertiary/aromatic N) is 4. The molecule has 2 saturated heterocycles. The van der Waals surface area contributed by atoms with Crippen LogP contribution in [-0.4, -0.2) is 84.4 Å². The summed E-state index contributed by atoms with van der Waals surface area (Å²) in [7, 11) is 1.88. The Morgan fingerprint density at radius 2 is 2.04 bits per heavy atom. The summed E-state index contributed by atoms with van der Waals surface area (Å²) >= 11 is 2.06. The Bertz CT molecular complexity index is 553. The number of halogens is 1. The van der Waals surface area contributed by atoms with Gasteiger partial charge in [-0.25, -0.2) is 0 Å². The normalized spacial score (nSPS) is 21.0. The van der Waals surface area contributed by atoms with Crippen molar-refractivity contribution in [2.45, 2.75) is 31.1 Å². The number of guanidine groups is 1. The average molecular weight is 509 g/mol. The fraction of sp³-hybridized carbons (Fsp3) is 0.778. The number of aromatic nitrogens is 1. The molecular formula is C18H32IN5O2S. The third-order valence-corrected chi connectivity index (χ3v) is 6.64. The highest BCUT2D eigenvalue weighted by molar-refractivity contribution is 14.0. The quantitative estimate of drug-likeness (QED) is 0.359. The molecule has 27 heavy (non-hydrogen) atoms. The lowest BCUT2D eigenvalue weighted by molar-refractivity contribution is 0.0779. The van der Waals surface area contributed by atoms with Crippen LogP contribution >= 0.6 is 35.7 Å². The van der Waals surface area contributed by atoms with E-state index in [2.05, 4.69) is 44.0 Å². The SMILES string of the molecule is CCSC1(CNC(=NC)N2CCN(Cc3ccon3)CC2)CCOCC1.I. The van der Waals surface area contributed by atoms with Crippen molar-refractivity contribution in [1.82, 2.24) is 20.3 Å². The van der Waals surface area contributed by atoms with Crippen molar-refractivity contribution >= 4 is 41.7 Å². The first-order valence-corrected chi connectivity index (χ1v) is 10.5. The van der Waals surface area contributed by atoms with E-state index >= 15 is 0 Å². The molecule has 0 atom stereocenters. The van der Waals surface area contributed by atoms with Crippen molar-refractivity contribution in [3.63, 3.8) is 0 Å². The van der Waals surface area contributed by atoms with Gasteiger partial charge in [0.25, 0.3) is 0 Å². The largest absolute Gasteiger partial charge is 0.381 e. The first-order valence-electron chi connectivity index (χ1n) is 9.53. The molecule has 154 valence electrons. The van der Waals surface area contributed by atoms with Crippen molar-refractivity contribution in [2.75, 3.05) is 58.7 Å². The van der Waals surface area contributed by atoms with Crippen LogP contribution in [0.15, 0.2) is 21.8 Å². The summed E-state index contributed by atoms with van der Waals surface area (Å²) < 4.78 is 10.8. The van der Waals surface area contributed by atoms with Crippen LogP contribution in [0.25, 0.3) is 0 Å². The highest BCUT2D eigenvalue weighted by Crippen LogP contribution is 2.34. The smallest absolute Gasteiger partial charge is 0.193 e. The Morgan fingerprint density at radius 3 is 2.63 bits per heavy atom. The van der Waals surface area contributed by atoms with Crippen LogP contribution in [0.2, 0.25) is 0 Å². The van der Waals surface area contributed by atoms with Crippen molar-refractivity contribution in [3.05, 3.63) is 18.0 Å². The van der Waals surface area contributed by atoms with Gasteiger partial charge in [0, 0.05) is 70.3 Å². The number of piperazine rings is 1. The Morgan fingerprint density at radius 1 is 1.30 bits per heavy atom. The maximum atomic E-state index is 5.58. The van der Waals surface area contributed by atoms with Crippen LogP contribution in [0.3, 0.4) is 0 Å². The van der Waals surface area contributed by atoms with Crippen molar-refractivity contribution in [2.24, 2.45) is 4.99 Å². The van der Waals surface area contributed by atoms with Crippen LogP contribution in [0.1, 0.15) is 25.5 Å². The van der Waals surface area contributed by atoms with E-state index in [1.54, 1.807) is 6.26 Å². The van der Waals surface area contributed by atoms with Gasteiger partial charge in [-0.05, 0) is 18.6 Å². The molecule has 0 bridgehead atoms. The zero-order valence-corrected chi connectivity index (χ0v) is 19.5. The molecule has 2 aliphatic heterocycles. The van der Waals surface area contributed by atoms with Crippen LogP contribution in [-0.2, 0) is 11.3 Å². The molecule has 2 fully saturated rings. The maximum absolute atomic E-state index is 5.58. The number of rotatable bonds is 6. The third-order valence-electron chi connectivity index (χ3n) is 5.18. The van der Waals surface area contributed by atoms with Gasteiger partial charge in [-0.2, -0.15) is 11.8 Å². The van der Waals surface area contributed by atoms with Gasteiger partial charge in [0.2, 0.25) is 0 Å². The minimum Gasteiger partial charge on any atom is -0.381 e. The Balaban J connectivity index is 0.00000261. The zero-order chi connectivity index (χ0) is 18.2. The number of thioether (sulfide) groups is 1. The molecule has 0 aliphatic carbocycles. The lowest BCUT2D eigenvalue weighted by Gasteiger charge is -2.40. The van der Waals surface area contributed by atoms with E-state index in [1.807, 2.05) is 13.1 Å². The summed E-state index contributed by atoms with van der Waals surface area (Å²) in [6.07, 6.45) is 3.86. The lowest BCUT2D eigenvalue weighted by Crippen LogP contribution is -2.54. The Labute approximate surface area is 183 Å². The Hall–Kier alpha value is -0.520. The molecule has 1 N–H and O–H groups in total. The topological polar surface area (TPSA) is 66.1 Å². The highest BCUT2D eigenvalue weighted by Gasteiger charge is 2.33. The fourth-order valence-corrected chi connectivity index (χ4v) is 4.90. The highest BCUT2D eigenvalue weighted by atomic mass is 127. The summed E-state index contributed by atoms with van der Waals surface area (Å²) in [5.74, 6) is 2.16. The Kier molecular flexibility index (Phi) is 9.67. The lowest BCUT2D eigenvalue weighted by atomic mass is 9.99. The molecule has 0 aromatic carbocycles. The molecule has 1 aromatic heterocycles. The summed E-state index contributed by atoms with van der Waals surface area (Å²) in [5, 5.41) is 7.66. The van der Waals surface area contributed by atoms with Crippen molar-refractivity contribution in [1.29, 1.82) is 0 Å². The van der Waals surface area contributed by atoms with Gasteiger partial charge >= 0.3 is 0 Å². The molecule has 1 aromatic rings. The molecule has 0 saturated carbocycles. The minimum atomic E-state index is 0. The van der Waals surface area contributed by atoms with Gasteiger partial charge in [-0.3, -0.25) is 9.89 Å². The van der Waals surface area contributed by atoms with Gasteiger partial charge in [0.1, 0.15) is 6.26 Å². The number of aliphatic imine (C=N–C) groups is 1. The standard InChI is InChI=1S/C18H31N5O2S.HI/c1-3-26-18(5-12-24-13-6-18)15-20-17(19-2)23-9-7-22(8-10-23)14-16-4-11-25-21-16;/h4,11H,3,5-10,12-15H2,1-2H3,(H,19,20);1H. The van der Waals surface area contributed by atoms with Gasteiger partial charge in [0.15, 0.2) is 5.96 Å². The van der Waals surface area contributed by atoms with Gasteiger partial charge in [-0.1, -0.05) is 12.1 Å². The molecule has 3 heterocycles. The number of hydrogen-bond acceptors (Lipinski definition) is 6. The van der Waals surface area contributed by atoms with E-state index in [0.717, 1.165) is 82.7 Å². The van der Waals surface area contributed by atoms with E-state index in [1.165, 1.54) is 0 Å². The first-order chi connectivity index (χ1) is 12.7. The van der Waals surface area contributed by atoms with E-state index < -0.39 is 0 Å². The molecule has 0 radical (unpaired) electrons. The molecule has 7 nitrogen and oxygen atoms in total. The molecular weight excluding hydrogens is 477 g/mol.